The molecule has 0 N–H and O–H groups in total. The molecule has 6 heteroatoms. The number of aryl methyl sites for hydroxylation is 1. The molecular formula is C20H21ClN4O. The monoisotopic (exact) mass is 368 g/mol. The molecule has 1 unspecified atom stereocenters. The lowest BCUT2D eigenvalue weighted by molar-refractivity contribution is -0.0415. The van der Waals surface area contributed by atoms with Crippen molar-refractivity contribution in [1.82, 2.24) is 19.7 Å². The standard InChI is InChI=1S/C20H21ClN4O/c1-15-22-20(17-5-3-2-4-6-17)25(23-15)14-24-11-12-26-19(13-24)16-7-9-18(21)10-8-16/h2-10,19H,11-14H2,1H3. The highest BCUT2D eigenvalue weighted by Crippen LogP contribution is 2.25. The second-order valence-corrected chi connectivity index (χ2v) is 6.91. The quantitative estimate of drug-likeness (QED) is 0.699. The minimum Gasteiger partial charge on any atom is -0.371 e. The summed E-state index contributed by atoms with van der Waals surface area (Å²) in [5.74, 6) is 1.68. The summed E-state index contributed by atoms with van der Waals surface area (Å²) in [6.07, 6.45) is 0.0470. The molecule has 0 aliphatic carbocycles. The van der Waals surface area contributed by atoms with E-state index in [1.165, 1.54) is 0 Å². The van der Waals surface area contributed by atoms with E-state index in [2.05, 4.69) is 27.1 Å². The largest absolute Gasteiger partial charge is 0.371 e. The molecular weight excluding hydrogens is 348 g/mol. The maximum Gasteiger partial charge on any atom is 0.159 e. The second kappa shape index (κ2) is 7.58. The molecule has 26 heavy (non-hydrogen) atoms. The lowest BCUT2D eigenvalue weighted by atomic mass is 10.1. The van der Waals surface area contributed by atoms with Gasteiger partial charge in [-0.25, -0.2) is 9.67 Å². The number of benzene rings is 2. The molecule has 0 saturated carbocycles. The van der Waals surface area contributed by atoms with Crippen molar-refractivity contribution in [3.8, 4) is 11.4 Å². The van der Waals surface area contributed by atoms with Gasteiger partial charge in [0.15, 0.2) is 5.82 Å². The van der Waals surface area contributed by atoms with E-state index in [9.17, 15) is 0 Å². The van der Waals surface area contributed by atoms with E-state index in [-0.39, 0.29) is 6.10 Å². The van der Waals surface area contributed by atoms with Crippen LogP contribution in [0.2, 0.25) is 5.02 Å². The minimum atomic E-state index is 0.0470. The van der Waals surface area contributed by atoms with Gasteiger partial charge in [0.05, 0.1) is 19.4 Å². The molecule has 0 amide bonds. The zero-order valence-electron chi connectivity index (χ0n) is 14.7. The van der Waals surface area contributed by atoms with Crippen LogP contribution in [0.5, 0.6) is 0 Å². The van der Waals surface area contributed by atoms with Crippen molar-refractivity contribution >= 4 is 11.6 Å². The maximum absolute atomic E-state index is 5.99. The van der Waals surface area contributed by atoms with Gasteiger partial charge in [-0.15, -0.1) is 0 Å². The molecule has 5 nitrogen and oxygen atoms in total. The van der Waals surface area contributed by atoms with Gasteiger partial charge in [-0.05, 0) is 24.6 Å². The van der Waals surface area contributed by atoms with Crippen LogP contribution in [0.25, 0.3) is 11.4 Å². The van der Waals surface area contributed by atoms with Crippen molar-refractivity contribution in [3.05, 3.63) is 71.0 Å². The number of ether oxygens (including phenoxy) is 1. The molecule has 134 valence electrons. The number of morpholine rings is 1. The highest BCUT2D eigenvalue weighted by molar-refractivity contribution is 6.30. The van der Waals surface area contributed by atoms with Gasteiger partial charge in [0, 0.05) is 23.7 Å². The summed E-state index contributed by atoms with van der Waals surface area (Å²) in [7, 11) is 0. The number of halogens is 1. The summed E-state index contributed by atoms with van der Waals surface area (Å²) in [4.78, 5) is 6.96. The van der Waals surface area contributed by atoms with Crippen LogP contribution in [-0.2, 0) is 11.4 Å². The first-order valence-corrected chi connectivity index (χ1v) is 9.13. The summed E-state index contributed by atoms with van der Waals surface area (Å²) < 4.78 is 7.94. The highest BCUT2D eigenvalue weighted by Gasteiger charge is 2.23. The molecule has 1 atom stereocenters. The Kier molecular flexibility index (Phi) is 5.02. The van der Waals surface area contributed by atoms with E-state index in [0.29, 0.717) is 13.3 Å². The molecule has 2 heterocycles. The van der Waals surface area contributed by atoms with Gasteiger partial charge in [-0.1, -0.05) is 54.1 Å². The van der Waals surface area contributed by atoms with E-state index >= 15 is 0 Å². The third kappa shape index (κ3) is 3.80. The molecule has 2 aromatic carbocycles. The summed E-state index contributed by atoms with van der Waals surface area (Å²) >= 11 is 5.99. The first-order chi connectivity index (χ1) is 12.7. The van der Waals surface area contributed by atoms with Gasteiger partial charge in [0.25, 0.3) is 0 Å². The third-order valence-electron chi connectivity index (χ3n) is 4.54. The van der Waals surface area contributed by atoms with Crippen LogP contribution in [0.15, 0.2) is 54.6 Å². The van der Waals surface area contributed by atoms with Gasteiger partial charge in [0.2, 0.25) is 0 Å². The fourth-order valence-electron chi connectivity index (χ4n) is 3.25. The van der Waals surface area contributed by atoms with E-state index in [1.54, 1.807) is 0 Å². The van der Waals surface area contributed by atoms with Crippen LogP contribution in [0.3, 0.4) is 0 Å². The summed E-state index contributed by atoms with van der Waals surface area (Å²) in [6.45, 7) is 5.00. The molecule has 1 aliphatic rings. The zero-order valence-corrected chi connectivity index (χ0v) is 15.4. The fourth-order valence-corrected chi connectivity index (χ4v) is 3.38. The van der Waals surface area contributed by atoms with Crippen LogP contribution in [0, 0.1) is 6.92 Å². The molecule has 0 bridgehead atoms. The Morgan fingerprint density at radius 3 is 2.65 bits per heavy atom. The molecule has 1 aromatic heterocycles. The average Bonchev–Trinajstić information content (AvgIpc) is 3.03. The Morgan fingerprint density at radius 1 is 1.12 bits per heavy atom. The third-order valence-corrected chi connectivity index (χ3v) is 4.79. The van der Waals surface area contributed by atoms with Gasteiger partial charge in [0.1, 0.15) is 5.82 Å². The van der Waals surface area contributed by atoms with Gasteiger partial charge < -0.3 is 4.74 Å². The average molecular weight is 369 g/mol. The Balaban J connectivity index is 1.52. The Hall–Kier alpha value is -2.21. The fraction of sp³-hybridized carbons (Fsp3) is 0.300. The molecule has 3 aromatic rings. The topological polar surface area (TPSA) is 43.2 Å². The van der Waals surface area contributed by atoms with E-state index in [1.807, 2.05) is 54.1 Å². The zero-order chi connectivity index (χ0) is 17.9. The van der Waals surface area contributed by atoms with Crippen molar-refractivity contribution in [2.24, 2.45) is 0 Å². The van der Waals surface area contributed by atoms with Gasteiger partial charge in [-0.2, -0.15) is 5.10 Å². The number of hydrogen-bond donors (Lipinski definition) is 0. The molecule has 1 saturated heterocycles. The van der Waals surface area contributed by atoms with E-state index in [0.717, 1.165) is 40.9 Å². The SMILES string of the molecule is Cc1nc(-c2ccccc2)n(CN2CCOC(c3ccc(Cl)cc3)C2)n1. The van der Waals surface area contributed by atoms with Crippen molar-refractivity contribution in [1.29, 1.82) is 0 Å². The Labute approximate surface area is 158 Å². The van der Waals surface area contributed by atoms with Crippen LogP contribution in [-0.4, -0.2) is 39.4 Å². The Morgan fingerprint density at radius 2 is 1.88 bits per heavy atom. The first-order valence-electron chi connectivity index (χ1n) is 8.75. The maximum atomic E-state index is 5.99. The summed E-state index contributed by atoms with van der Waals surface area (Å²) in [5.41, 5.74) is 2.23. The van der Waals surface area contributed by atoms with Crippen molar-refractivity contribution in [2.45, 2.75) is 19.7 Å². The van der Waals surface area contributed by atoms with Crippen LogP contribution in [0.1, 0.15) is 17.5 Å². The molecule has 0 radical (unpaired) electrons. The smallest absolute Gasteiger partial charge is 0.159 e. The number of hydrogen-bond acceptors (Lipinski definition) is 4. The van der Waals surface area contributed by atoms with Crippen LogP contribution < -0.4 is 0 Å². The summed E-state index contributed by atoms with van der Waals surface area (Å²) in [5, 5.41) is 5.34. The second-order valence-electron chi connectivity index (χ2n) is 6.48. The van der Waals surface area contributed by atoms with Crippen molar-refractivity contribution in [3.63, 3.8) is 0 Å². The molecule has 4 rings (SSSR count). The molecule has 0 spiro atoms. The van der Waals surface area contributed by atoms with E-state index < -0.39 is 0 Å². The predicted molar refractivity (Wildman–Crippen MR) is 102 cm³/mol. The molecule has 1 aliphatic heterocycles. The minimum absolute atomic E-state index is 0.0470. The summed E-state index contributed by atoms with van der Waals surface area (Å²) in [6, 6.07) is 18.1. The van der Waals surface area contributed by atoms with Gasteiger partial charge in [-0.3, -0.25) is 4.90 Å². The number of nitrogens with zero attached hydrogens (tertiary/aromatic N) is 4. The van der Waals surface area contributed by atoms with E-state index in [4.69, 9.17) is 16.3 Å². The molecule has 1 fully saturated rings. The lowest BCUT2D eigenvalue weighted by Gasteiger charge is -2.33. The van der Waals surface area contributed by atoms with Crippen molar-refractivity contribution < 1.29 is 4.74 Å². The van der Waals surface area contributed by atoms with Crippen molar-refractivity contribution in [2.75, 3.05) is 19.7 Å². The van der Waals surface area contributed by atoms with Gasteiger partial charge >= 0.3 is 0 Å². The first kappa shape index (κ1) is 17.2. The normalized spacial score (nSPS) is 18.2. The van der Waals surface area contributed by atoms with Crippen LogP contribution >= 0.6 is 11.6 Å². The predicted octanol–water partition coefficient (Wildman–Crippen LogP) is 3.94. The Bertz CT molecular complexity index is 863. The highest BCUT2D eigenvalue weighted by atomic mass is 35.5. The lowest BCUT2D eigenvalue weighted by Crippen LogP contribution is -2.39. The van der Waals surface area contributed by atoms with Crippen LogP contribution in [0.4, 0.5) is 0 Å². The number of rotatable bonds is 4. The number of aromatic nitrogens is 3.